The minimum atomic E-state index is -3.28. The third kappa shape index (κ3) is 4.77. The Hall–Kier alpha value is -3.14. The van der Waals surface area contributed by atoms with E-state index in [2.05, 4.69) is 47.9 Å². The van der Waals surface area contributed by atoms with Gasteiger partial charge in [-0.05, 0) is 110 Å². The molecular formula is C35H39NO4S. The molecule has 1 N–H and O–H groups in total. The Labute approximate surface area is 244 Å². The van der Waals surface area contributed by atoms with Gasteiger partial charge in [-0.3, -0.25) is 4.79 Å². The predicted octanol–water partition coefficient (Wildman–Crippen LogP) is 5.84. The van der Waals surface area contributed by atoms with Crippen LogP contribution in [0.4, 0.5) is 5.69 Å². The van der Waals surface area contributed by atoms with Crippen LogP contribution in [0, 0.1) is 29.1 Å². The SMILES string of the molecule is CN(C)c1ccc(C2CC3(C)C(CCC3(O)C#Cc3ccc(S(C)(=O)=O)cc3)C3CCC4=CC(=O)CCC4=C23)cc1. The molecule has 4 aliphatic rings. The fraction of sp³-hybridized carbons (Fsp3) is 0.457. The molecule has 0 aliphatic heterocycles. The molecule has 214 valence electrons. The number of hydrogen-bond acceptors (Lipinski definition) is 5. The second kappa shape index (κ2) is 10.00. The van der Waals surface area contributed by atoms with Crippen LogP contribution in [0.25, 0.3) is 0 Å². The smallest absolute Gasteiger partial charge is 0.175 e. The van der Waals surface area contributed by atoms with Gasteiger partial charge in [0.1, 0.15) is 5.60 Å². The Morgan fingerprint density at radius 1 is 0.976 bits per heavy atom. The molecule has 41 heavy (non-hydrogen) atoms. The van der Waals surface area contributed by atoms with E-state index in [4.69, 9.17) is 0 Å². The number of carbonyl (C=O) groups excluding carboxylic acids is 1. The van der Waals surface area contributed by atoms with Gasteiger partial charge in [-0.1, -0.05) is 36.5 Å². The first-order chi connectivity index (χ1) is 19.4. The van der Waals surface area contributed by atoms with Crippen LogP contribution in [0.3, 0.4) is 0 Å². The number of aliphatic hydroxyl groups is 1. The fourth-order valence-electron chi connectivity index (χ4n) is 8.14. The molecular weight excluding hydrogens is 530 g/mol. The molecule has 5 nitrogen and oxygen atoms in total. The number of sulfone groups is 1. The largest absolute Gasteiger partial charge is 0.378 e. The zero-order valence-electron chi connectivity index (χ0n) is 24.4. The molecule has 0 aromatic heterocycles. The van der Waals surface area contributed by atoms with Crippen LogP contribution in [0.1, 0.15) is 68.9 Å². The number of fused-ring (bicyclic) bond motifs is 4. The average molecular weight is 570 g/mol. The fourth-order valence-corrected chi connectivity index (χ4v) is 8.77. The Bertz CT molecular complexity index is 1620. The van der Waals surface area contributed by atoms with E-state index in [1.54, 1.807) is 24.3 Å². The van der Waals surface area contributed by atoms with E-state index in [0.717, 1.165) is 37.8 Å². The van der Waals surface area contributed by atoms with Gasteiger partial charge in [-0.25, -0.2) is 8.42 Å². The molecule has 0 bridgehead atoms. The summed E-state index contributed by atoms with van der Waals surface area (Å²) in [5.41, 5.74) is 5.70. The second-order valence-electron chi connectivity index (χ2n) is 12.9. The molecule has 4 aliphatic carbocycles. The highest BCUT2D eigenvalue weighted by molar-refractivity contribution is 7.90. The molecule has 2 aromatic carbocycles. The van der Waals surface area contributed by atoms with Gasteiger partial charge in [0.15, 0.2) is 15.6 Å². The molecule has 6 rings (SSSR count). The zero-order chi connectivity index (χ0) is 29.2. The zero-order valence-corrected chi connectivity index (χ0v) is 25.2. The normalized spacial score (nSPS) is 30.9. The minimum Gasteiger partial charge on any atom is -0.378 e. The first-order valence-electron chi connectivity index (χ1n) is 14.7. The predicted molar refractivity (Wildman–Crippen MR) is 162 cm³/mol. The van der Waals surface area contributed by atoms with Gasteiger partial charge in [-0.15, -0.1) is 0 Å². The Kier molecular flexibility index (Phi) is 6.83. The molecule has 2 saturated carbocycles. The summed E-state index contributed by atoms with van der Waals surface area (Å²) in [5.74, 6) is 7.58. The van der Waals surface area contributed by atoms with Gasteiger partial charge >= 0.3 is 0 Å². The van der Waals surface area contributed by atoms with Gasteiger partial charge in [0.2, 0.25) is 0 Å². The second-order valence-corrected chi connectivity index (χ2v) is 14.9. The van der Waals surface area contributed by atoms with Gasteiger partial charge in [0.25, 0.3) is 0 Å². The number of allylic oxidation sites excluding steroid dienone is 4. The maximum atomic E-state index is 12.3. The van der Waals surface area contributed by atoms with Crippen molar-refractivity contribution < 1.29 is 18.3 Å². The lowest BCUT2D eigenvalue weighted by Gasteiger charge is -2.53. The van der Waals surface area contributed by atoms with E-state index in [1.807, 2.05) is 20.2 Å². The first kappa shape index (κ1) is 28.0. The molecule has 6 heteroatoms. The molecule has 0 spiro atoms. The summed E-state index contributed by atoms with van der Waals surface area (Å²) in [4.78, 5) is 14.7. The number of nitrogens with zero attached hydrogens (tertiary/aromatic N) is 1. The Balaban J connectivity index is 1.42. The summed E-state index contributed by atoms with van der Waals surface area (Å²) in [6.07, 6.45) is 8.75. The number of ketones is 1. The molecule has 0 saturated heterocycles. The quantitative estimate of drug-likeness (QED) is 0.470. The molecule has 5 atom stereocenters. The van der Waals surface area contributed by atoms with Gasteiger partial charge in [0, 0.05) is 49.4 Å². The highest BCUT2D eigenvalue weighted by Crippen LogP contribution is 2.66. The van der Waals surface area contributed by atoms with Crippen molar-refractivity contribution in [2.75, 3.05) is 25.3 Å². The van der Waals surface area contributed by atoms with Crippen molar-refractivity contribution in [3.8, 4) is 11.8 Å². The lowest BCUT2D eigenvalue weighted by Crippen LogP contribution is -2.51. The number of hydrogen-bond donors (Lipinski definition) is 1. The van der Waals surface area contributed by atoms with Gasteiger partial charge < -0.3 is 10.0 Å². The van der Waals surface area contributed by atoms with Crippen LogP contribution in [-0.2, 0) is 14.6 Å². The number of anilines is 1. The maximum absolute atomic E-state index is 12.3. The van der Waals surface area contributed by atoms with Crippen molar-refractivity contribution in [2.24, 2.45) is 17.3 Å². The van der Waals surface area contributed by atoms with Crippen molar-refractivity contribution in [2.45, 2.75) is 68.3 Å². The average Bonchev–Trinajstić information content (AvgIpc) is 3.21. The van der Waals surface area contributed by atoms with Crippen molar-refractivity contribution >= 4 is 21.3 Å². The summed E-state index contributed by atoms with van der Waals surface area (Å²) >= 11 is 0. The van der Waals surface area contributed by atoms with Gasteiger partial charge in [0.05, 0.1) is 4.90 Å². The van der Waals surface area contributed by atoms with Crippen LogP contribution in [0.2, 0.25) is 0 Å². The summed E-state index contributed by atoms with van der Waals surface area (Å²) in [6.45, 7) is 2.24. The third-order valence-corrected chi connectivity index (χ3v) is 11.5. The molecule has 0 amide bonds. The molecule has 2 fully saturated rings. The monoisotopic (exact) mass is 569 g/mol. The van der Waals surface area contributed by atoms with E-state index in [0.29, 0.717) is 30.2 Å². The Morgan fingerprint density at radius 3 is 2.34 bits per heavy atom. The van der Waals surface area contributed by atoms with Crippen LogP contribution in [0.15, 0.2) is 76.2 Å². The van der Waals surface area contributed by atoms with Gasteiger partial charge in [-0.2, -0.15) is 0 Å². The lowest BCUT2D eigenvalue weighted by molar-refractivity contribution is -0.114. The van der Waals surface area contributed by atoms with E-state index in [-0.39, 0.29) is 16.6 Å². The van der Waals surface area contributed by atoms with Crippen molar-refractivity contribution in [3.05, 3.63) is 82.5 Å². The van der Waals surface area contributed by atoms with Crippen LogP contribution in [0.5, 0.6) is 0 Å². The van der Waals surface area contributed by atoms with Crippen molar-refractivity contribution in [1.29, 1.82) is 0 Å². The third-order valence-electron chi connectivity index (χ3n) is 10.4. The van der Waals surface area contributed by atoms with E-state index < -0.39 is 20.9 Å². The standard InChI is InChI=1S/C35H39NO4S/c1-34-22-31(24-7-10-26(11-8-24)36(2)3)33-29-16-12-27(37)21-25(29)9-15-30(33)32(34)18-20-35(34,38)19-17-23-5-13-28(14-6-23)41(4,39)40/h5-8,10-11,13-14,21,30-32,38H,9,12,15-16,18,20,22H2,1-4H3. The minimum absolute atomic E-state index is 0.157. The van der Waals surface area contributed by atoms with Crippen LogP contribution in [-0.4, -0.2) is 45.3 Å². The van der Waals surface area contributed by atoms with Crippen molar-refractivity contribution in [1.82, 2.24) is 0 Å². The Morgan fingerprint density at radius 2 is 1.68 bits per heavy atom. The number of rotatable bonds is 3. The highest BCUT2D eigenvalue weighted by Gasteiger charge is 2.62. The van der Waals surface area contributed by atoms with E-state index in [1.165, 1.54) is 28.5 Å². The summed E-state index contributed by atoms with van der Waals surface area (Å²) in [5, 5.41) is 12.3. The first-order valence-corrected chi connectivity index (χ1v) is 16.6. The summed E-state index contributed by atoms with van der Waals surface area (Å²) in [6, 6.07) is 15.4. The molecule has 0 radical (unpaired) electrons. The van der Waals surface area contributed by atoms with E-state index >= 15 is 0 Å². The topological polar surface area (TPSA) is 74.7 Å². The van der Waals surface area contributed by atoms with Crippen LogP contribution >= 0.6 is 0 Å². The lowest BCUT2D eigenvalue weighted by atomic mass is 9.51. The van der Waals surface area contributed by atoms with Crippen molar-refractivity contribution in [3.63, 3.8) is 0 Å². The summed E-state index contributed by atoms with van der Waals surface area (Å²) in [7, 11) is 0.815. The highest BCUT2D eigenvalue weighted by atomic mass is 32.2. The maximum Gasteiger partial charge on any atom is 0.175 e. The summed E-state index contributed by atoms with van der Waals surface area (Å²) < 4.78 is 23.8. The van der Waals surface area contributed by atoms with Crippen LogP contribution < -0.4 is 4.90 Å². The number of carbonyl (C=O) groups is 1. The van der Waals surface area contributed by atoms with E-state index in [9.17, 15) is 18.3 Å². The molecule has 5 unspecified atom stereocenters. The number of benzene rings is 2. The molecule has 0 heterocycles. The molecule has 2 aromatic rings.